The topological polar surface area (TPSA) is 83.8 Å². The third-order valence-corrected chi connectivity index (χ3v) is 4.77. The molecule has 0 saturated carbocycles. The van der Waals surface area contributed by atoms with E-state index < -0.39 is 0 Å². The molecule has 6 nitrogen and oxygen atoms in total. The zero-order valence-electron chi connectivity index (χ0n) is 12.4. The highest BCUT2D eigenvalue weighted by molar-refractivity contribution is 7.21. The minimum atomic E-state index is -0.0159. The number of aromatic hydroxyl groups is 1. The van der Waals surface area contributed by atoms with Crippen LogP contribution in [-0.4, -0.2) is 25.0 Å². The van der Waals surface area contributed by atoms with Crippen LogP contribution in [-0.2, 0) is 0 Å². The molecule has 0 aliphatic carbocycles. The van der Waals surface area contributed by atoms with Gasteiger partial charge in [0.15, 0.2) is 0 Å². The summed E-state index contributed by atoms with van der Waals surface area (Å²) in [4.78, 5) is 16.1. The zero-order valence-corrected chi connectivity index (χ0v) is 14.8. The second-order valence-electron chi connectivity index (χ2n) is 5.04. The predicted octanol–water partition coefficient (Wildman–Crippen LogP) is 4.90. The zero-order chi connectivity index (χ0) is 17.4. The molecule has 4 aromatic rings. The van der Waals surface area contributed by atoms with Gasteiger partial charge in [-0.25, -0.2) is 4.98 Å². The summed E-state index contributed by atoms with van der Waals surface area (Å²) in [5.41, 5.74) is 2.14. The van der Waals surface area contributed by atoms with E-state index in [1.165, 1.54) is 11.3 Å². The number of rotatable bonds is 3. The van der Waals surface area contributed by atoms with Crippen molar-refractivity contribution in [3.63, 3.8) is 0 Å². The van der Waals surface area contributed by atoms with E-state index in [1.807, 2.05) is 24.3 Å². The first-order chi connectivity index (χ1) is 12.1. The van der Waals surface area contributed by atoms with Crippen LogP contribution in [0.1, 0.15) is 0 Å². The van der Waals surface area contributed by atoms with Crippen molar-refractivity contribution in [2.45, 2.75) is 0 Å². The summed E-state index contributed by atoms with van der Waals surface area (Å²) < 4.78 is 1.06. The third-order valence-electron chi connectivity index (χ3n) is 3.36. The Balaban J connectivity index is 1.66. The summed E-state index contributed by atoms with van der Waals surface area (Å²) in [5.74, 6) is 0.285. The molecule has 0 atom stereocenters. The second kappa shape index (κ2) is 6.44. The van der Waals surface area contributed by atoms with E-state index in [-0.39, 0.29) is 22.3 Å². The van der Waals surface area contributed by atoms with Gasteiger partial charge >= 0.3 is 0 Å². The maximum Gasteiger partial charge on any atom is 0.232 e. The molecular weight excluding hydrogens is 381 g/mol. The van der Waals surface area contributed by atoms with Gasteiger partial charge in [0.25, 0.3) is 0 Å². The number of phenols is 1. The Morgan fingerprint density at radius 2 is 1.68 bits per heavy atom. The van der Waals surface area contributed by atoms with Gasteiger partial charge in [0.05, 0.1) is 15.8 Å². The highest BCUT2D eigenvalue weighted by Gasteiger charge is 2.12. The standard InChI is InChI=1S/C16H9Cl2N5OS/c17-14-21-15(18)23-16(22-14)19-8-5-6-9(11(24)7-8)13-20-10-3-1-2-4-12(10)25-13/h1-7,24H,(H,19,21,22,23). The summed E-state index contributed by atoms with van der Waals surface area (Å²) in [6.07, 6.45) is 0. The molecule has 0 fully saturated rings. The molecule has 2 aromatic heterocycles. The average molecular weight is 390 g/mol. The van der Waals surface area contributed by atoms with E-state index in [9.17, 15) is 5.11 Å². The average Bonchev–Trinajstić information content (AvgIpc) is 2.97. The molecule has 0 saturated heterocycles. The highest BCUT2D eigenvalue weighted by Crippen LogP contribution is 2.36. The number of hydrogen-bond donors (Lipinski definition) is 2. The van der Waals surface area contributed by atoms with E-state index in [1.54, 1.807) is 18.2 Å². The van der Waals surface area contributed by atoms with Crippen LogP contribution < -0.4 is 5.32 Å². The second-order valence-corrected chi connectivity index (χ2v) is 6.75. The predicted molar refractivity (Wildman–Crippen MR) is 99.9 cm³/mol. The van der Waals surface area contributed by atoms with Crippen molar-refractivity contribution in [1.82, 2.24) is 19.9 Å². The lowest BCUT2D eigenvalue weighted by atomic mass is 10.2. The fraction of sp³-hybridized carbons (Fsp3) is 0. The molecule has 0 unspecified atom stereocenters. The van der Waals surface area contributed by atoms with Crippen molar-refractivity contribution in [2.24, 2.45) is 0 Å². The molecule has 0 amide bonds. The Bertz CT molecular complexity index is 1030. The van der Waals surface area contributed by atoms with Crippen LogP contribution in [0, 0.1) is 0 Å². The van der Waals surface area contributed by atoms with E-state index in [0.717, 1.165) is 15.2 Å². The van der Waals surface area contributed by atoms with E-state index in [4.69, 9.17) is 23.2 Å². The van der Waals surface area contributed by atoms with Crippen LogP contribution in [0.2, 0.25) is 10.6 Å². The number of anilines is 2. The van der Waals surface area contributed by atoms with Crippen LogP contribution in [0.4, 0.5) is 11.6 Å². The van der Waals surface area contributed by atoms with E-state index in [2.05, 4.69) is 25.3 Å². The van der Waals surface area contributed by atoms with E-state index >= 15 is 0 Å². The third kappa shape index (κ3) is 3.34. The van der Waals surface area contributed by atoms with Crippen molar-refractivity contribution in [3.05, 3.63) is 53.0 Å². The summed E-state index contributed by atoms with van der Waals surface area (Å²) in [6, 6.07) is 13.0. The number of nitrogens with zero attached hydrogens (tertiary/aromatic N) is 4. The first-order valence-corrected chi connectivity index (χ1v) is 8.69. The molecule has 9 heteroatoms. The quantitative estimate of drug-likeness (QED) is 0.518. The number of fused-ring (bicyclic) bond motifs is 1. The number of para-hydroxylation sites is 1. The number of benzene rings is 2. The number of aromatic nitrogens is 4. The Kier molecular flexibility index (Phi) is 4.12. The molecule has 4 rings (SSSR count). The fourth-order valence-electron chi connectivity index (χ4n) is 2.29. The molecule has 0 bridgehead atoms. The molecule has 0 aliphatic heterocycles. The monoisotopic (exact) mass is 389 g/mol. The number of hydrogen-bond acceptors (Lipinski definition) is 7. The molecule has 0 radical (unpaired) electrons. The van der Waals surface area contributed by atoms with Gasteiger partial charge in [0.2, 0.25) is 16.5 Å². The smallest absolute Gasteiger partial charge is 0.232 e. The summed E-state index contributed by atoms with van der Waals surface area (Å²) in [5, 5.41) is 14.0. The Morgan fingerprint density at radius 1 is 0.920 bits per heavy atom. The minimum absolute atomic E-state index is 0.0159. The van der Waals surface area contributed by atoms with Gasteiger partial charge in [-0.2, -0.15) is 15.0 Å². The number of nitrogens with one attached hydrogen (secondary N) is 1. The van der Waals surface area contributed by atoms with Crippen LogP contribution in [0.15, 0.2) is 42.5 Å². The molecule has 2 aromatic carbocycles. The van der Waals surface area contributed by atoms with Crippen LogP contribution in [0.3, 0.4) is 0 Å². The van der Waals surface area contributed by atoms with Gasteiger partial charge in [-0.3, -0.25) is 0 Å². The number of halogens is 2. The van der Waals surface area contributed by atoms with Gasteiger partial charge in [-0.1, -0.05) is 12.1 Å². The van der Waals surface area contributed by atoms with Crippen molar-refractivity contribution < 1.29 is 5.11 Å². The summed E-state index contributed by atoms with van der Waals surface area (Å²) in [6.45, 7) is 0. The van der Waals surface area contributed by atoms with E-state index in [0.29, 0.717) is 11.3 Å². The first-order valence-electron chi connectivity index (χ1n) is 7.11. The number of phenolic OH excluding ortho intramolecular Hbond substituents is 1. The lowest BCUT2D eigenvalue weighted by Gasteiger charge is -2.07. The maximum absolute atomic E-state index is 10.4. The summed E-state index contributed by atoms with van der Waals surface area (Å²) >= 11 is 13.0. The van der Waals surface area contributed by atoms with Gasteiger partial charge < -0.3 is 10.4 Å². The van der Waals surface area contributed by atoms with Crippen molar-refractivity contribution in [2.75, 3.05) is 5.32 Å². The van der Waals surface area contributed by atoms with Crippen LogP contribution >= 0.6 is 34.5 Å². The van der Waals surface area contributed by atoms with Crippen molar-refractivity contribution >= 4 is 56.4 Å². The van der Waals surface area contributed by atoms with Gasteiger partial charge in [-0.15, -0.1) is 11.3 Å². The Hall–Kier alpha value is -2.48. The lowest BCUT2D eigenvalue weighted by Crippen LogP contribution is -1.99. The van der Waals surface area contributed by atoms with Crippen molar-refractivity contribution in [3.8, 4) is 16.3 Å². The highest BCUT2D eigenvalue weighted by atomic mass is 35.5. The fourth-order valence-corrected chi connectivity index (χ4v) is 3.65. The molecule has 124 valence electrons. The molecule has 25 heavy (non-hydrogen) atoms. The van der Waals surface area contributed by atoms with Crippen LogP contribution in [0.5, 0.6) is 5.75 Å². The van der Waals surface area contributed by atoms with Crippen molar-refractivity contribution in [1.29, 1.82) is 0 Å². The normalized spacial score (nSPS) is 11.0. The molecular formula is C16H9Cl2N5OS. The summed E-state index contributed by atoms with van der Waals surface area (Å²) in [7, 11) is 0. The van der Waals surface area contributed by atoms with Gasteiger partial charge in [0, 0.05) is 11.8 Å². The lowest BCUT2D eigenvalue weighted by molar-refractivity contribution is 0.477. The number of thiazole rings is 1. The molecule has 0 spiro atoms. The minimum Gasteiger partial charge on any atom is -0.507 e. The SMILES string of the molecule is Oc1cc(Nc2nc(Cl)nc(Cl)n2)ccc1-c1nc2ccccc2s1. The Labute approximate surface area is 156 Å². The van der Waals surface area contributed by atoms with Gasteiger partial charge in [0.1, 0.15) is 10.8 Å². The largest absolute Gasteiger partial charge is 0.507 e. The first kappa shape index (κ1) is 16.0. The molecule has 0 aliphatic rings. The maximum atomic E-state index is 10.4. The van der Waals surface area contributed by atoms with Gasteiger partial charge in [-0.05, 0) is 47.5 Å². The van der Waals surface area contributed by atoms with Crippen LogP contribution in [0.25, 0.3) is 20.8 Å². The Morgan fingerprint density at radius 3 is 2.40 bits per heavy atom. The molecule has 2 N–H and O–H groups in total. The molecule has 2 heterocycles.